The summed E-state index contributed by atoms with van der Waals surface area (Å²) in [6.45, 7) is 5.18. The second-order valence-electron chi connectivity index (χ2n) is 5.84. The van der Waals surface area contributed by atoms with Gasteiger partial charge in [-0.05, 0) is 38.3 Å². The van der Waals surface area contributed by atoms with Gasteiger partial charge >= 0.3 is 0 Å². The standard InChI is InChI=1S/C16H23I2NO3S/c1-3-4-12-22-16(15(17)18)10-5-11-19(16)23(20,21)14-8-6-13(2)7-9-14/h6-9,15H,3-5,10-12H2,1-2H3. The first-order valence-corrected chi connectivity index (χ1v) is 11.8. The van der Waals surface area contributed by atoms with Crippen LogP contribution >= 0.6 is 45.2 Å². The average molecular weight is 563 g/mol. The number of rotatable bonds is 7. The van der Waals surface area contributed by atoms with Crippen LogP contribution in [0.4, 0.5) is 0 Å². The number of sulfonamides is 1. The number of benzene rings is 1. The van der Waals surface area contributed by atoms with Gasteiger partial charge < -0.3 is 4.74 Å². The van der Waals surface area contributed by atoms with Gasteiger partial charge in [0.2, 0.25) is 10.0 Å². The summed E-state index contributed by atoms with van der Waals surface area (Å²) in [6.07, 6.45) is 3.56. The van der Waals surface area contributed by atoms with Crippen molar-refractivity contribution in [1.29, 1.82) is 0 Å². The number of alkyl halides is 2. The summed E-state index contributed by atoms with van der Waals surface area (Å²) in [4.78, 5) is 0.349. The molecule has 1 heterocycles. The zero-order valence-corrected chi connectivity index (χ0v) is 18.6. The minimum Gasteiger partial charge on any atom is -0.357 e. The molecule has 0 bridgehead atoms. The molecule has 0 saturated carbocycles. The van der Waals surface area contributed by atoms with Gasteiger partial charge in [0.05, 0.1) is 4.90 Å². The molecule has 0 N–H and O–H groups in total. The molecule has 0 spiro atoms. The van der Waals surface area contributed by atoms with Crippen LogP contribution in [0.25, 0.3) is 0 Å². The van der Waals surface area contributed by atoms with E-state index in [1.807, 2.05) is 19.1 Å². The molecular weight excluding hydrogens is 540 g/mol. The van der Waals surface area contributed by atoms with Gasteiger partial charge in [0.1, 0.15) is 1.93 Å². The quantitative estimate of drug-likeness (QED) is 0.279. The molecule has 4 nitrogen and oxygen atoms in total. The number of halogens is 2. The maximum Gasteiger partial charge on any atom is 0.245 e. The van der Waals surface area contributed by atoms with Crippen LogP contribution in [-0.4, -0.2) is 33.5 Å². The summed E-state index contributed by atoms with van der Waals surface area (Å²) in [5.74, 6) is 0. The zero-order chi connectivity index (χ0) is 17.1. The van der Waals surface area contributed by atoms with Crippen LogP contribution in [0.15, 0.2) is 29.2 Å². The van der Waals surface area contributed by atoms with Crippen LogP contribution in [0.1, 0.15) is 38.2 Å². The van der Waals surface area contributed by atoms with E-state index in [1.165, 1.54) is 0 Å². The molecule has 1 aliphatic heterocycles. The monoisotopic (exact) mass is 563 g/mol. The Morgan fingerprint density at radius 1 is 1.30 bits per heavy atom. The maximum atomic E-state index is 13.1. The normalized spacial score (nSPS) is 22.8. The molecule has 7 heteroatoms. The average Bonchev–Trinajstić information content (AvgIpc) is 2.94. The third kappa shape index (κ3) is 4.21. The van der Waals surface area contributed by atoms with E-state index in [0.29, 0.717) is 18.0 Å². The van der Waals surface area contributed by atoms with Gasteiger partial charge in [-0.1, -0.05) is 76.2 Å². The Morgan fingerprint density at radius 2 is 1.96 bits per heavy atom. The van der Waals surface area contributed by atoms with E-state index in [4.69, 9.17) is 4.74 Å². The van der Waals surface area contributed by atoms with Gasteiger partial charge in [-0.3, -0.25) is 0 Å². The molecule has 0 aliphatic carbocycles. The number of unbranched alkanes of at least 4 members (excludes halogenated alkanes) is 1. The van der Waals surface area contributed by atoms with E-state index in [1.54, 1.807) is 16.4 Å². The van der Waals surface area contributed by atoms with Crippen molar-refractivity contribution >= 4 is 55.2 Å². The van der Waals surface area contributed by atoms with E-state index < -0.39 is 15.7 Å². The lowest BCUT2D eigenvalue weighted by Crippen LogP contribution is -2.53. The molecule has 0 aromatic heterocycles. The lowest BCUT2D eigenvalue weighted by Gasteiger charge is -2.39. The second kappa shape index (κ2) is 8.29. The van der Waals surface area contributed by atoms with Crippen LogP contribution in [0.3, 0.4) is 0 Å². The van der Waals surface area contributed by atoms with Crippen LogP contribution < -0.4 is 0 Å². The van der Waals surface area contributed by atoms with Crippen LogP contribution in [0.2, 0.25) is 0 Å². The SMILES string of the molecule is CCCCOC1(C(I)I)CCCN1S(=O)(=O)c1ccc(C)cc1. The number of hydrogen-bond acceptors (Lipinski definition) is 3. The van der Waals surface area contributed by atoms with Crippen molar-refractivity contribution in [3.05, 3.63) is 29.8 Å². The first-order chi connectivity index (χ1) is 10.8. The van der Waals surface area contributed by atoms with Gasteiger partial charge in [-0.2, -0.15) is 4.31 Å². The van der Waals surface area contributed by atoms with Gasteiger partial charge in [-0.25, -0.2) is 8.42 Å². The van der Waals surface area contributed by atoms with Crippen molar-refractivity contribution < 1.29 is 13.2 Å². The topological polar surface area (TPSA) is 46.6 Å². The number of ether oxygens (including phenoxy) is 1. The smallest absolute Gasteiger partial charge is 0.245 e. The maximum absolute atomic E-state index is 13.1. The summed E-state index contributed by atoms with van der Waals surface area (Å²) in [6, 6.07) is 7.06. The highest BCUT2D eigenvalue weighted by atomic mass is 127. The fraction of sp³-hybridized carbons (Fsp3) is 0.625. The van der Waals surface area contributed by atoms with Crippen molar-refractivity contribution in [2.75, 3.05) is 13.2 Å². The van der Waals surface area contributed by atoms with Crippen molar-refractivity contribution in [2.45, 2.75) is 52.1 Å². The van der Waals surface area contributed by atoms with E-state index in [0.717, 1.165) is 31.2 Å². The van der Waals surface area contributed by atoms with Crippen molar-refractivity contribution in [3.63, 3.8) is 0 Å². The summed E-state index contributed by atoms with van der Waals surface area (Å²) < 4.78 is 34.1. The summed E-state index contributed by atoms with van der Waals surface area (Å²) in [7, 11) is -3.55. The Balaban J connectivity index is 2.35. The Hall–Kier alpha value is 0.550. The van der Waals surface area contributed by atoms with Gasteiger partial charge in [0, 0.05) is 13.2 Å². The molecule has 1 fully saturated rings. The highest BCUT2D eigenvalue weighted by Gasteiger charge is 2.52. The Morgan fingerprint density at radius 3 is 2.52 bits per heavy atom. The molecule has 0 radical (unpaired) electrons. The number of nitrogens with zero attached hydrogens (tertiary/aromatic N) is 1. The van der Waals surface area contributed by atoms with Crippen LogP contribution in [-0.2, 0) is 14.8 Å². The molecule has 1 unspecified atom stereocenters. The fourth-order valence-electron chi connectivity index (χ4n) is 2.77. The molecule has 23 heavy (non-hydrogen) atoms. The highest BCUT2D eigenvalue weighted by Crippen LogP contribution is 2.43. The van der Waals surface area contributed by atoms with Crippen molar-refractivity contribution in [3.8, 4) is 0 Å². The van der Waals surface area contributed by atoms with Crippen LogP contribution in [0, 0.1) is 6.92 Å². The summed E-state index contributed by atoms with van der Waals surface area (Å²) in [5.41, 5.74) is 0.316. The number of hydrogen-bond donors (Lipinski definition) is 0. The van der Waals surface area contributed by atoms with E-state index >= 15 is 0 Å². The Bertz CT molecular complexity index is 619. The highest BCUT2D eigenvalue weighted by molar-refractivity contribution is 14.2. The van der Waals surface area contributed by atoms with Gasteiger partial charge in [0.15, 0.2) is 5.72 Å². The predicted molar refractivity (Wildman–Crippen MR) is 110 cm³/mol. The molecule has 0 amide bonds. The minimum atomic E-state index is -3.55. The minimum absolute atomic E-state index is 0.0530. The number of aryl methyl sites for hydroxylation is 1. The summed E-state index contributed by atoms with van der Waals surface area (Å²) in [5, 5.41) is 0. The third-order valence-electron chi connectivity index (χ3n) is 4.12. The van der Waals surface area contributed by atoms with Crippen molar-refractivity contribution in [1.82, 2.24) is 4.31 Å². The summed E-state index contributed by atoms with van der Waals surface area (Å²) >= 11 is 4.57. The van der Waals surface area contributed by atoms with Gasteiger partial charge in [0.25, 0.3) is 0 Å². The molecule has 1 aromatic rings. The zero-order valence-electron chi connectivity index (χ0n) is 13.5. The molecule has 1 saturated heterocycles. The Labute approximate surface area is 166 Å². The van der Waals surface area contributed by atoms with Crippen molar-refractivity contribution in [2.24, 2.45) is 0 Å². The van der Waals surface area contributed by atoms with Crippen LogP contribution in [0.5, 0.6) is 0 Å². The first kappa shape index (κ1) is 19.9. The fourth-order valence-corrected chi connectivity index (χ4v) is 6.56. The van der Waals surface area contributed by atoms with E-state index in [-0.39, 0.29) is 1.93 Å². The molecule has 1 atom stereocenters. The van der Waals surface area contributed by atoms with E-state index in [2.05, 4.69) is 52.1 Å². The molecule has 1 aliphatic rings. The largest absolute Gasteiger partial charge is 0.357 e. The molecule has 130 valence electrons. The second-order valence-corrected chi connectivity index (χ2v) is 12.6. The van der Waals surface area contributed by atoms with Gasteiger partial charge in [-0.15, -0.1) is 0 Å². The van der Waals surface area contributed by atoms with E-state index in [9.17, 15) is 8.42 Å². The predicted octanol–water partition coefficient (Wildman–Crippen LogP) is 4.49. The lowest BCUT2D eigenvalue weighted by molar-refractivity contribution is -0.0850. The molecule has 2 rings (SSSR count). The Kier molecular flexibility index (Phi) is 7.16. The first-order valence-electron chi connectivity index (χ1n) is 7.86. The molecular formula is C16H23I2NO3S. The third-order valence-corrected chi connectivity index (χ3v) is 8.00. The lowest BCUT2D eigenvalue weighted by atomic mass is 10.2. The molecule has 1 aromatic carbocycles.